The summed E-state index contributed by atoms with van der Waals surface area (Å²) in [5, 5.41) is 3.11. The molecule has 0 bridgehead atoms. The first-order valence-corrected chi connectivity index (χ1v) is 8.50. The minimum absolute atomic E-state index is 0.0710. The molecule has 0 saturated carbocycles. The minimum Gasteiger partial charge on any atom is -0.496 e. The molecule has 4 heteroatoms. The number of fused-ring (bicyclic) bond motifs is 1. The third-order valence-corrected chi connectivity index (χ3v) is 4.55. The Balaban J connectivity index is 1.75. The Kier molecular flexibility index (Phi) is 5.39. The largest absolute Gasteiger partial charge is 0.496 e. The third-order valence-electron chi connectivity index (χ3n) is 4.55. The highest BCUT2D eigenvalue weighted by Crippen LogP contribution is 2.31. The smallest absolute Gasteiger partial charge is 0.244 e. The van der Waals surface area contributed by atoms with Gasteiger partial charge in [0, 0.05) is 6.08 Å². The fourth-order valence-corrected chi connectivity index (χ4v) is 3.33. The molecule has 1 aliphatic rings. The molecule has 0 saturated heterocycles. The first-order valence-electron chi connectivity index (χ1n) is 8.50. The van der Waals surface area contributed by atoms with Crippen LogP contribution in [-0.4, -0.2) is 20.1 Å². The molecule has 1 aliphatic carbocycles. The lowest BCUT2D eigenvalue weighted by Gasteiger charge is -2.25. The van der Waals surface area contributed by atoms with Crippen molar-refractivity contribution >= 4 is 12.0 Å². The van der Waals surface area contributed by atoms with Crippen LogP contribution in [0.1, 0.15) is 35.6 Å². The molecular formula is C21H23NO3. The zero-order valence-corrected chi connectivity index (χ0v) is 14.6. The average Bonchev–Trinajstić information content (AvgIpc) is 2.66. The summed E-state index contributed by atoms with van der Waals surface area (Å²) >= 11 is 0. The zero-order valence-electron chi connectivity index (χ0n) is 14.6. The molecule has 0 aromatic heterocycles. The molecule has 0 heterocycles. The summed E-state index contributed by atoms with van der Waals surface area (Å²) in [5.41, 5.74) is 3.31. The van der Waals surface area contributed by atoms with Crippen molar-refractivity contribution in [2.45, 2.75) is 25.3 Å². The molecule has 2 aromatic rings. The van der Waals surface area contributed by atoms with Gasteiger partial charge in [-0.1, -0.05) is 30.3 Å². The van der Waals surface area contributed by atoms with Crippen LogP contribution >= 0.6 is 0 Å². The highest BCUT2D eigenvalue weighted by Gasteiger charge is 2.20. The van der Waals surface area contributed by atoms with Gasteiger partial charge in [-0.25, -0.2) is 0 Å². The molecule has 1 unspecified atom stereocenters. The lowest BCUT2D eigenvalue weighted by molar-refractivity contribution is -0.117. The van der Waals surface area contributed by atoms with Crippen molar-refractivity contribution in [3.63, 3.8) is 0 Å². The van der Waals surface area contributed by atoms with E-state index < -0.39 is 0 Å². The number of rotatable bonds is 5. The van der Waals surface area contributed by atoms with Crippen LogP contribution in [0, 0.1) is 0 Å². The van der Waals surface area contributed by atoms with Crippen molar-refractivity contribution in [3.8, 4) is 11.5 Å². The summed E-state index contributed by atoms with van der Waals surface area (Å²) in [7, 11) is 3.20. The number of methoxy groups -OCH3 is 2. The van der Waals surface area contributed by atoms with Crippen LogP contribution in [0.5, 0.6) is 11.5 Å². The number of aryl methyl sites for hydroxylation is 1. The maximum Gasteiger partial charge on any atom is 0.244 e. The fourth-order valence-electron chi connectivity index (χ4n) is 3.33. The van der Waals surface area contributed by atoms with Gasteiger partial charge in [0.2, 0.25) is 5.91 Å². The van der Waals surface area contributed by atoms with Gasteiger partial charge in [-0.15, -0.1) is 0 Å². The number of carbonyl (C=O) groups is 1. The number of hydrogen-bond acceptors (Lipinski definition) is 3. The van der Waals surface area contributed by atoms with E-state index in [-0.39, 0.29) is 11.9 Å². The molecule has 1 atom stereocenters. The molecule has 0 fully saturated rings. The molecule has 1 amide bonds. The molecule has 3 rings (SSSR count). The predicted molar refractivity (Wildman–Crippen MR) is 98.8 cm³/mol. The van der Waals surface area contributed by atoms with E-state index in [0.29, 0.717) is 11.5 Å². The van der Waals surface area contributed by atoms with Crippen molar-refractivity contribution in [3.05, 3.63) is 65.2 Å². The van der Waals surface area contributed by atoms with Gasteiger partial charge in [-0.3, -0.25) is 4.79 Å². The van der Waals surface area contributed by atoms with E-state index in [4.69, 9.17) is 9.47 Å². The molecular weight excluding hydrogens is 314 g/mol. The molecule has 25 heavy (non-hydrogen) atoms. The van der Waals surface area contributed by atoms with Gasteiger partial charge in [0.05, 0.1) is 25.8 Å². The average molecular weight is 337 g/mol. The SMILES string of the molecule is COc1cccc(OC)c1/C=C/C(=O)NC1CCCc2ccccc21. The highest BCUT2D eigenvalue weighted by molar-refractivity contribution is 5.93. The number of nitrogens with one attached hydrogen (secondary N) is 1. The molecule has 4 nitrogen and oxygen atoms in total. The fraction of sp³-hybridized carbons (Fsp3) is 0.286. The number of carbonyl (C=O) groups excluding carboxylic acids is 1. The molecule has 1 N–H and O–H groups in total. The van der Waals surface area contributed by atoms with Crippen LogP contribution in [-0.2, 0) is 11.2 Å². The van der Waals surface area contributed by atoms with Crippen LogP contribution in [0.4, 0.5) is 0 Å². The molecule has 130 valence electrons. The number of hydrogen-bond donors (Lipinski definition) is 1. The van der Waals surface area contributed by atoms with E-state index in [1.807, 2.05) is 24.3 Å². The van der Waals surface area contributed by atoms with Crippen LogP contribution < -0.4 is 14.8 Å². The number of benzene rings is 2. The zero-order chi connectivity index (χ0) is 17.6. The summed E-state index contributed by atoms with van der Waals surface area (Å²) in [6.45, 7) is 0. The van der Waals surface area contributed by atoms with Crippen LogP contribution in [0.3, 0.4) is 0 Å². The second-order valence-electron chi connectivity index (χ2n) is 6.06. The van der Waals surface area contributed by atoms with Gasteiger partial charge in [0.15, 0.2) is 0 Å². The van der Waals surface area contributed by atoms with E-state index in [0.717, 1.165) is 24.8 Å². The normalized spacial score (nSPS) is 16.3. The Labute approximate surface area is 148 Å². The van der Waals surface area contributed by atoms with Gasteiger partial charge in [0.1, 0.15) is 11.5 Å². The minimum atomic E-state index is -0.116. The van der Waals surface area contributed by atoms with Crippen molar-refractivity contribution in [1.82, 2.24) is 5.32 Å². The van der Waals surface area contributed by atoms with Gasteiger partial charge in [-0.2, -0.15) is 0 Å². The number of ether oxygens (including phenoxy) is 2. The van der Waals surface area contributed by atoms with E-state index in [1.165, 1.54) is 17.2 Å². The van der Waals surface area contributed by atoms with E-state index in [9.17, 15) is 4.79 Å². The van der Waals surface area contributed by atoms with Gasteiger partial charge < -0.3 is 14.8 Å². The summed E-state index contributed by atoms with van der Waals surface area (Å²) in [6.07, 6.45) is 6.41. The standard InChI is InChI=1S/C21H23NO3/c1-24-19-11-6-12-20(25-2)17(19)13-14-21(23)22-18-10-5-8-15-7-3-4-9-16(15)18/h3-4,6-7,9,11-14,18H,5,8,10H2,1-2H3,(H,22,23)/b14-13+. The topological polar surface area (TPSA) is 47.6 Å². The van der Waals surface area contributed by atoms with Crippen molar-refractivity contribution < 1.29 is 14.3 Å². The van der Waals surface area contributed by atoms with E-state index in [1.54, 1.807) is 20.3 Å². The van der Waals surface area contributed by atoms with E-state index >= 15 is 0 Å². The Bertz CT molecular complexity index is 760. The Morgan fingerprint density at radius 3 is 2.52 bits per heavy atom. The highest BCUT2D eigenvalue weighted by atomic mass is 16.5. The molecule has 2 aromatic carbocycles. The van der Waals surface area contributed by atoms with Crippen molar-refractivity contribution in [1.29, 1.82) is 0 Å². The Morgan fingerprint density at radius 2 is 1.80 bits per heavy atom. The quantitative estimate of drug-likeness (QED) is 0.842. The Hall–Kier alpha value is -2.75. The summed E-state index contributed by atoms with van der Waals surface area (Å²) in [6, 6.07) is 13.9. The molecule has 0 radical (unpaired) electrons. The predicted octanol–water partition coefficient (Wildman–Crippen LogP) is 3.91. The molecule has 0 aliphatic heterocycles. The van der Waals surface area contributed by atoms with Crippen LogP contribution in [0.2, 0.25) is 0 Å². The maximum absolute atomic E-state index is 12.4. The lowest BCUT2D eigenvalue weighted by atomic mass is 9.88. The second kappa shape index (κ2) is 7.88. The van der Waals surface area contributed by atoms with Gasteiger partial charge in [0.25, 0.3) is 0 Å². The first kappa shape index (κ1) is 17.1. The third kappa shape index (κ3) is 3.85. The lowest BCUT2D eigenvalue weighted by Crippen LogP contribution is -2.29. The van der Waals surface area contributed by atoms with Crippen LogP contribution in [0.25, 0.3) is 6.08 Å². The number of amides is 1. The summed E-state index contributed by atoms with van der Waals surface area (Å²) in [5.74, 6) is 1.23. The van der Waals surface area contributed by atoms with Gasteiger partial charge >= 0.3 is 0 Å². The van der Waals surface area contributed by atoms with Gasteiger partial charge in [-0.05, 0) is 48.6 Å². The Morgan fingerprint density at radius 1 is 1.08 bits per heavy atom. The van der Waals surface area contributed by atoms with Crippen LogP contribution in [0.15, 0.2) is 48.5 Å². The van der Waals surface area contributed by atoms with Crippen molar-refractivity contribution in [2.24, 2.45) is 0 Å². The molecule has 0 spiro atoms. The summed E-state index contributed by atoms with van der Waals surface area (Å²) < 4.78 is 10.7. The van der Waals surface area contributed by atoms with E-state index in [2.05, 4.69) is 23.5 Å². The monoisotopic (exact) mass is 337 g/mol. The second-order valence-corrected chi connectivity index (χ2v) is 6.06. The van der Waals surface area contributed by atoms with Crippen molar-refractivity contribution in [2.75, 3.05) is 14.2 Å². The maximum atomic E-state index is 12.4. The summed E-state index contributed by atoms with van der Waals surface area (Å²) in [4.78, 5) is 12.4. The first-order chi connectivity index (χ1) is 12.2.